The van der Waals surface area contributed by atoms with Crippen molar-refractivity contribution in [1.82, 2.24) is 5.32 Å². The summed E-state index contributed by atoms with van der Waals surface area (Å²) in [5.41, 5.74) is 3.37. The van der Waals surface area contributed by atoms with Gasteiger partial charge in [0, 0.05) is 6.42 Å². The Labute approximate surface area is 138 Å². The monoisotopic (exact) mass is 336 g/mol. The predicted molar refractivity (Wildman–Crippen MR) is 86.1 cm³/mol. The SMILES string of the molecule is CC(N)C(=O)NC(Cc1ccccc1)(c1ccccc1)C(F)(F)F. The maximum Gasteiger partial charge on any atom is 0.416 e. The zero-order valence-electron chi connectivity index (χ0n) is 13.2. The molecule has 1 amide bonds. The highest BCUT2D eigenvalue weighted by Gasteiger charge is 2.57. The van der Waals surface area contributed by atoms with E-state index >= 15 is 0 Å². The quantitative estimate of drug-likeness (QED) is 0.881. The Hall–Kier alpha value is -2.34. The van der Waals surface area contributed by atoms with E-state index in [1.807, 2.05) is 0 Å². The maximum atomic E-state index is 14.1. The van der Waals surface area contributed by atoms with Crippen molar-refractivity contribution in [2.45, 2.75) is 31.1 Å². The lowest BCUT2D eigenvalue weighted by Gasteiger charge is -2.38. The van der Waals surface area contributed by atoms with Crippen molar-refractivity contribution >= 4 is 5.91 Å². The first-order chi connectivity index (χ1) is 11.3. The molecule has 0 aromatic heterocycles. The van der Waals surface area contributed by atoms with Gasteiger partial charge in [0.2, 0.25) is 5.91 Å². The molecule has 0 heterocycles. The van der Waals surface area contributed by atoms with Crippen LogP contribution in [0.2, 0.25) is 0 Å². The third-order valence-corrected chi connectivity index (χ3v) is 3.81. The Morgan fingerprint density at radius 3 is 2.00 bits per heavy atom. The molecule has 0 saturated carbocycles. The van der Waals surface area contributed by atoms with Crippen LogP contribution in [0.15, 0.2) is 60.7 Å². The van der Waals surface area contributed by atoms with Crippen molar-refractivity contribution in [3.05, 3.63) is 71.8 Å². The minimum Gasteiger partial charge on any atom is -0.337 e. The van der Waals surface area contributed by atoms with Gasteiger partial charge in [0.05, 0.1) is 6.04 Å². The van der Waals surface area contributed by atoms with Crippen LogP contribution in [0.5, 0.6) is 0 Å². The third-order valence-electron chi connectivity index (χ3n) is 3.81. The molecule has 3 nitrogen and oxygen atoms in total. The summed E-state index contributed by atoms with van der Waals surface area (Å²) in [6.45, 7) is 1.35. The topological polar surface area (TPSA) is 55.1 Å². The molecule has 2 unspecified atom stereocenters. The number of nitrogens with one attached hydrogen (secondary N) is 1. The molecule has 2 rings (SSSR count). The molecule has 6 heteroatoms. The number of nitrogens with two attached hydrogens (primary N) is 1. The zero-order valence-corrected chi connectivity index (χ0v) is 13.2. The number of carbonyl (C=O) groups is 1. The second-order valence-corrected chi connectivity index (χ2v) is 5.71. The van der Waals surface area contributed by atoms with E-state index in [-0.39, 0.29) is 5.56 Å². The number of benzene rings is 2. The van der Waals surface area contributed by atoms with Gasteiger partial charge in [-0.3, -0.25) is 4.79 Å². The van der Waals surface area contributed by atoms with Crippen LogP contribution in [0.3, 0.4) is 0 Å². The third kappa shape index (κ3) is 3.76. The van der Waals surface area contributed by atoms with E-state index in [1.54, 1.807) is 36.4 Å². The zero-order chi connectivity index (χ0) is 17.8. The normalized spacial score (nSPS) is 15.4. The first kappa shape index (κ1) is 18.0. The van der Waals surface area contributed by atoms with Gasteiger partial charge in [-0.15, -0.1) is 0 Å². The van der Waals surface area contributed by atoms with Crippen LogP contribution in [0.25, 0.3) is 0 Å². The smallest absolute Gasteiger partial charge is 0.337 e. The van der Waals surface area contributed by atoms with Crippen molar-refractivity contribution in [2.24, 2.45) is 5.73 Å². The van der Waals surface area contributed by atoms with E-state index in [2.05, 4.69) is 5.32 Å². The largest absolute Gasteiger partial charge is 0.416 e. The average Bonchev–Trinajstić information content (AvgIpc) is 2.54. The van der Waals surface area contributed by atoms with Crippen molar-refractivity contribution in [2.75, 3.05) is 0 Å². The Bertz CT molecular complexity index is 672. The van der Waals surface area contributed by atoms with Crippen molar-refractivity contribution < 1.29 is 18.0 Å². The molecule has 0 spiro atoms. The van der Waals surface area contributed by atoms with Gasteiger partial charge in [0.25, 0.3) is 0 Å². The van der Waals surface area contributed by atoms with Gasteiger partial charge in [-0.1, -0.05) is 60.7 Å². The lowest BCUT2D eigenvalue weighted by molar-refractivity contribution is -0.203. The molecule has 3 N–H and O–H groups in total. The molecule has 0 fully saturated rings. The fraction of sp³-hybridized carbons (Fsp3) is 0.278. The Morgan fingerprint density at radius 1 is 1.04 bits per heavy atom. The van der Waals surface area contributed by atoms with Crippen LogP contribution < -0.4 is 11.1 Å². The van der Waals surface area contributed by atoms with Crippen molar-refractivity contribution in [3.63, 3.8) is 0 Å². The molecule has 0 saturated heterocycles. The van der Waals surface area contributed by atoms with Crippen molar-refractivity contribution in [1.29, 1.82) is 0 Å². The van der Waals surface area contributed by atoms with E-state index in [0.29, 0.717) is 5.56 Å². The first-order valence-corrected chi connectivity index (χ1v) is 7.50. The van der Waals surface area contributed by atoms with E-state index < -0.39 is 30.1 Å². The number of halogens is 3. The van der Waals surface area contributed by atoms with Gasteiger partial charge in [-0.2, -0.15) is 13.2 Å². The van der Waals surface area contributed by atoms with Crippen LogP contribution in [-0.4, -0.2) is 18.1 Å². The molecule has 0 aliphatic rings. The summed E-state index contributed by atoms with van der Waals surface area (Å²) in [6, 6.07) is 14.6. The van der Waals surface area contributed by atoms with Crippen LogP contribution in [0.4, 0.5) is 13.2 Å². The highest BCUT2D eigenvalue weighted by molar-refractivity contribution is 5.82. The Kier molecular flexibility index (Phi) is 5.29. The van der Waals surface area contributed by atoms with Crippen molar-refractivity contribution in [3.8, 4) is 0 Å². The number of hydrogen-bond donors (Lipinski definition) is 2. The number of carbonyl (C=O) groups excluding carboxylic acids is 1. The maximum absolute atomic E-state index is 14.1. The molecule has 128 valence electrons. The van der Waals surface area contributed by atoms with E-state index in [0.717, 1.165) is 0 Å². The summed E-state index contributed by atoms with van der Waals surface area (Å²) in [4.78, 5) is 12.0. The summed E-state index contributed by atoms with van der Waals surface area (Å²) < 4.78 is 42.3. The second kappa shape index (κ2) is 7.05. The van der Waals surface area contributed by atoms with Crippen LogP contribution in [0.1, 0.15) is 18.1 Å². The lowest BCUT2D eigenvalue weighted by Crippen LogP contribution is -2.60. The molecule has 0 aliphatic carbocycles. The van der Waals surface area contributed by atoms with E-state index in [1.165, 1.54) is 31.2 Å². The summed E-state index contributed by atoms with van der Waals surface area (Å²) in [5, 5.41) is 2.15. The molecule has 2 aromatic carbocycles. The lowest BCUT2D eigenvalue weighted by atomic mass is 9.82. The number of hydrogen-bond acceptors (Lipinski definition) is 2. The Balaban J connectivity index is 2.58. The van der Waals surface area contributed by atoms with Crippen LogP contribution >= 0.6 is 0 Å². The van der Waals surface area contributed by atoms with Crippen LogP contribution in [-0.2, 0) is 16.8 Å². The fourth-order valence-electron chi connectivity index (χ4n) is 2.50. The minimum absolute atomic E-state index is 0.0321. The molecular weight excluding hydrogens is 317 g/mol. The van der Waals surface area contributed by atoms with Gasteiger partial charge in [0.1, 0.15) is 0 Å². The van der Waals surface area contributed by atoms with Crippen LogP contribution in [0, 0.1) is 0 Å². The number of amides is 1. The molecule has 0 aliphatic heterocycles. The Morgan fingerprint density at radius 2 is 1.54 bits per heavy atom. The number of rotatable bonds is 5. The number of alkyl halides is 3. The highest BCUT2D eigenvalue weighted by atomic mass is 19.4. The molecule has 24 heavy (non-hydrogen) atoms. The van der Waals surface area contributed by atoms with Gasteiger partial charge >= 0.3 is 6.18 Å². The molecule has 2 aromatic rings. The van der Waals surface area contributed by atoms with E-state index in [9.17, 15) is 18.0 Å². The van der Waals surface area contributed by atoms with Gasteiger partial charge < -0.3 is 11.1 Å². The molecule has 2 atom stereocenters. The van der Waals surface area contributed by atoms with Gasteiger partial charge in [-0.25, -0.2) is 0 Å². The molecular formula is C18H19F3N2O. The molecule has 0 bridgehead atoms. The predicted octanol–water partition coefficient (Wildman–Crippen LogP) is 3.15. The average molecular weight is 336 g/mol. The fourth-order valence-corrected chi connectivity index (χ4v) is 2.50. The van der Waals surface area contributed by atoms with Gasteiger partial charge in [-0.05, 0) is 18.1 Å². The summed E-state index contributed by atoms with van der Waals surface area (Å²) in [7, 11) is 0. The summed E-state index contributed by atoms with van der Waals surface area (Å²) in [5.74, 6) is -0.855. The standard InChI is InChI=1S/C18H19F3N2O/c1-13(22)16(24)23-17(18(19,20)21,15-10-6-3-7-11-15)12-14-8-4-2-5-9-14/h2-11,13H,12,22H2,1H3,(H,23,24). The first-order valence-electron chi connectivity index (χ1n) is 7.50. The second-order valence-electron chi connectivity index (χ2n) is 5.71. The van der Waals surface area contributed by atoms with E-state index in [4.69, 9.17) is 5.73 Å². The summed E-state index contributed by atoms with van der Waals surface area (Å²) >= 11 is 0. The highest BCUT2D eigenvalue weighted by Crippen LogP contribution is 2.41. The minimum atomic E-state index is -4.70. The molecule has 0 radical (unpaired) electrons. The summed E-state index contributed by atoms with van der Waals surface area (Å²) in [6.07, 6.45) is -5.12. The van der Waals surface area contributed by atoms with Gasteiger partial charge in [0.15, 0.2) is 5.54 Å².